The van der Waals surface area contributed by atoms with Gasteiger partial charge in [-0.2, -0.15) is 0 Å². The lowest BCUT2D eigenvalue weighted by molar-refractivity contribution is 0.831. The van der Waals surface area contributed by atoms with Crippen LogP contribution in [-0.4, -0.2) is 6.54 Å². The second-order valence-electron chi connectivity index (χ2n) is 3.07. The van der Waals surface area contributed by atoms with Crippen LogP contribution in [0, 0.1) is 0 Å². The molecule has 0 amide bonds. The Kier molecular flexibility index (Phi) is 6.65. The van der Waals surface area contributed by atoms with E-state index in [-0.39, 0.29) is 12.4 Å². The van der Waals surface area contributed by atoms with Gasteiger partial charge >= 0.3 is 0 Å². The van der Waals surface area contributed by atoms with Crippen LogP contribution in [0.5, 0.6) is 0 Å². The third kappa shape index (κ3) is 4.30. The van der Waals surface area contributed by atoms with Gasteiger partial charge in [-0.1, -0.05) is 31.2 Å². The standard InChI is InChI=1S/C11H17N.ClH/c1-2-10-5-3-6-11(9-10)7-4-8-12;/h3,5-6,9H,2,4,7-8,12H2,1H3;1H. The van der Waals surface area contributed by atoms with Crippen LogP contribution in [-0.2, 0) is 12.8 Å². The first-order valence-electron chi connectivity index (χ1n) is 4.64. The molecule has 0 saturated heterocycles. The van der Waals surface area contributed by atoms with E-state index >= 15 is 0 Å². The van der Waals surface area contributed by atoms with Gasteiger partial charge in [0.15, 0.2) is 0 Å². The van der Waals surface area contributed by atoms with Crippen LogP contribution in [0.4, 0.5) is 0 Å². The molecule has 74 valence electrons. The number of nitrogens with two attached hydrogens (primary N) is 1. The van der Waals surface area contributed by atoms with Gasteiger partial charge in [0, 0.05) is 0 Å². The summed E-state index contributed by atoms with van der Waals surface area (Å²) in [5.74, 6) is 0. The molecule has 0 heterocycles. The van der Waals surface area contributed by atoms with Crippen LogP contribution in [0.1, 0.15) is 24.5 Å². The fourth-order valence-electron chi connectivity index (χ4n) is 1.31. The van der Waals surface area contributed by atoms with Gasteiger partial charge in [0.2, 0.25) is 0 Å². The largest absolute Gasteiger partial charge is 0.330 e. The Morgan fingerprint density at radius 1 is 1.23 bits per heavy atom. The Labute approximate surface area is 86.7 Å². The summed E-state index contributed by atoms with van der Waals surface area (Å²) in [6, 6.07) is 8.75. The molecule has 1 nitrogen and oxygen atoms in total. The lowest BCUT2D eigenvalue weighted by Crippen LogP contribution is -2.00. The summed E-state index contributed by atoms with van der Waals surface area (Å²) in [7, 11) is 0. The van der Waals surface area contributed by atoms with Crippen molar-refractivity contribution in [2.75, 3.05) is 6.54 Å². The van der Waals surface area contributed by atoms with E-state index in [1.165, 1.54) is 11.1 Å². The minimum absolute atomic E-state index is 0. The van der Waals surface area contributed by atoms with Crippen molar-refractivity contribution < 1.29 is 0 Å². The first-order chi connectivity index (χ1) is 5.86. The molecule has 1 rings (SSSR count). The van der Waals surface area contributed by atoms with Gasteiger partial charge in [-0.05, 0) is 36.9 Å². The molecule has 0 aliphatic rings. The van der Waals surface area contributed by atoms with E-state index in [1.807, 2.05) is 0 Å². The molecule has 1 aromatic carbocycles. The molecule has 0 unspecified atom stereocenters. The number of halogens is 1. The molecule has 0 radical (unpaired) electrons. The summed E-state index contributed by atoms with van der Waals surface area (Å²) in [6.45, 7) is 2.97. The Balaban J connectivity index is 0.00000144. The fourth-order valence-corrected chi connectivity index (χ4v) is 1.31. The van der Waals surface area contributed by atoms with Crippen LogP contribution in [0.3, 0.4) is 0 Å². The van der Waals surface area contributed by atoms with E-state index in [9.17, 15) is 0 Å². The Hall–Kier alpha value is -0.530. The molecule has 0 aliphatic carbocycles. The van der Waals surface area contributed by atoms with Crippen molar-refractivity contribution in [1.29, 1.82) is 0 Å². The van der Waals surface area contributed by atoms with Gasteiger partial charge < -0.3 is 5.73 Å². The van der Waals surface area contributed by atoms with Gasteiger partial charge in [0.05, 0.1) is 0 Å². The lowest BCUT2D eigenvalue weighted by atomic mass is 10.1. The van der Waals surface area contributed by atoms with E-state index in [4.69, 9.17) is 5.73 Å². The molecule has 0 atom stereocenters. The zero-order valence-electron chi connectivity index (χ0n) is 8.12. The van der Waals surface area contributed by atoms with Crippen molar-refractivity contribution in [3.63, 3.8) is 0 Å². The number of aryl methyl sites for hydroxylation is 2. The number of hydrogen-bond donors (Lipinski definition) is 1. The molecule has 13 heavy (non-hydrogen) atoms. The van der Waals surface area contributed by atoms with Crippen molar-refractivity contribution in [3.8, 4) is 0 Å². The smallest absolute Gasteiger partial charge is 0.00741 e. The van der Waals surface area contributed by atoms with E-state index in [0.717, 1.165) is 25.8 Å². The van der Waals surface area contributed by atoms with Crippen LogP contribution < -0.4 is 5.73 Å². The maximum Gasteiger partial charge on any atom is -0.00741 e. The second-order valence-corrected chi connectivity index (χ2v) is 3.07. The molecule has 0 aromatic heterocycles. The molecule has 1 aromatic rings. The van der Waals surface area contributed by atoms with Crippen molar-refractivity contribution in [1.82, 2.24) is 0 Å². The highest BCUT2D eigenvalue weighted by atomic mass is 35.5. The Bertz CT molecular complexity index is 235. The van der Waals surface area contributed by atoms with Crippen LogP contribution >= 0.6 is 12.4 Å². The van der Waals surface area contributed by atoms with Crippen LogP contribution in [0.2, 0.25) is 0 Å². The summed E-state index contributed by atoms with van der Waals surface area (Å²) in [5.41, 5.74) is 8.28. The normalized spacial score (nSPS) is 9.38. The van der Waals surface area contributed by atoms with E-state index in [0.29, 0.717) is 0 Å². The summed E-state index contributed by atoms with van der Waals surface area (Å²) in [6.07, 6.45) is 3.33. The topological polar surface area (TPSA) is 26.0 Å². The average Bonchev–Trinajstić information content (AvgIpc) is 2.15. The minimum Gasteiger partial charge on any atom is -0.330 e. The number of benzene rings is 1. The molecule has 2 heteroatoms. The quantitative estimate of drug-likeness (QED) is 0.793. The van der Waals surface area contributed by atoms with Crippen molar-refractivity contribution in [3.05, 3.63) is 35.4 Å². The van der Waals surface area contributed by atoms with Crippen molar-refractivity contribution in [2.24, 2.45) is 5.73 Å². The van der Waals surface area contributed by atoms with E-state index in [1.54, 1.807) is 0 Å². The number of rotatable bonds is 4. The van der Waals surface area contributed by atoms with Gasteiger partial charge in [-0.15, -0.1) is 12.4 Å². The molecular weight excluding hydrogens is 182 g/mol. The summed E-state index contributed by atoms with van der Waals surface area (Å²) in [5, 5.41) is 0. The lowest BCUT2D eigenvalue weighted by Gasteiger charge is -2.01. The molecule has 0 spiro atoms. The fraction of sp³-hybridized carbons (Fsp3) is 0.455. The predicted octanol–water partition coefficient (Wildman–Crippen LogP) is 2.56. The van der Waals surface area contributed by atoms with Crippen LogP contribution in [0.15, 0.2) is 24.3 Å². The highest BCUT2D eigenvalue weighted by molar-refractivity contribution is 5.85. The summed E-state index contributed by atoms with van der Waals surface area (Å²) >= 11 is 0. The maximum atomic E-state index is 5.45. The number of hydrogen-bond acceptors (Lipinski definition) is 1. The third-order valence-electron chi connectivity index (χ3n) is 2.07. The highest BCUT2D eigenvalue weighted by Gasteiger charge is 1.93. The first-order valence-corrected chi connectivity index (χ1v) is 4.64. The van der Waals surface area contributed by atoms with Gasteiger partial charge in [0.1, 0.15) is 0 Å². The molecule has 0 fully saturated rings. The van der Waals surface area contributed by atoms with Crippen molar-refractivity contribution in [2.45, 2.75) is 26.2 Å². The van der Waals surface area contributed by atoms with Gasteiger partial charge in [-0.3, -0.25) is 0 Å². The zero-order chi connectivity index (χ0) is 8.81. The monoisotopic (exact) mass is 199 g/mol. The average molecular weight is 200 g/mol. The second kappa shape index (κ2) is 6.93. The van der Waals surface area contributed by atoms with Crippen molar-refractivity contribution >= 4 is 12.4 Å². The predicted molar refractivity (Wildman–Crippen MR) is 60.4 cm³/mol. The molecule has 0 saturated carbocycles. The minimum atomic E-state index is 0. The van der Waals surface area contributed by atoms with E-state index in [2.05, 4.69) is 31.2 Å². The Morgan fingerprint density at radius 2 is 1.92 bits per heavy atom. The van der Waals surface area contributed by atoms with Gasteiger partial charge in [-0.25, -0.2) is 0 Å². The van der Waals surface area contributed by atoms with Gasteiger partial charge in [0.25, 0.3) is 0 Å². The summed E-state index contributed by atoms with van der Waals surface area (Å²) in [4.78, 5) is 0. The Morgan fingerprint density at radius 3 is 2.54 bits per heavy atom. The van der Waals surface area contributed by atoms with Crippen LogP contribution in [0.25, 0.3) is 0 Å². The van der Waals surface area contributed by atoms with E-state index < -0.39 is 0 Å². The summed E-state index contributed by atoms with van der Waals surface area (Å²) < 4.78 is 0. The third-order valence-corrected chi connectivity index (χ3v) is 2.07. The maximum absolute atomic E-state index is 5.45. The molecule has 0 aliphatic heterocycles. The molecule has 0 bridgehead atoms. The highest BCUT2D eigenvalue weighted by Crippen LogP contribution is 2.07. The SMILES string of the molecule is CCc1cccc(CCCN)c1.Cl. The first kappa shape index (κ1) is 12.5. The molecular formula is C11H18ClN. The zero-order valence-corrected chi connectivity index (χ0v) is 8.94. The molecule has 2 N–H and O–H groups in total.